The summed E-state index contributed by atoms with van der Waals surface area (Å²) in [7, 11) is -4.04. The summed E-state index contributed by atoms with van der Waals surface area (Å²) in [4.78, 5) is -0.371. The molecule has 0 unspecified atom stereocenters. The number of halogens is 3. The second kappa shape index (κ2) is 5.85. The van der Waals surface area contributed by atoms with E-state index in [9.17, 15) is 21.6 Å². The number of terminal acetylenes is 1. The Morgan fingerprint density at radius 1 is 1.35 bits per heavy atom. The van der Waals surface area contributed by atoms with Crippen LogP contribution in [0.4, 0.5) is 13.2 Å². The molecule has 0 aliphatic carbocycles. The first-order valence-electron chi connectivity index (χ1n) is 5.76. The summed E-state index contributed by atoms with van der Waals surface area (Å²) in [5.74, 6) is 2.18. The van der Waals surface area contributed by atoms with Gasteiger partial charge in [0, 0.05) is 6.54 Å². The topological polar surface area (TPSA) is 37.4 Å². The van der Waals surface area contributed by atoms with Gasteiger partial charge in [0.15, 0.2) is 0 Å². The van der Waals surface area contributed by atoms with Crippen LogP contribution in [-0.2, 0) is 16.2 Å². The largest absolute Gasteiger partial charge is 0.416 e. The molecule has 110 valence electrons. The molecule has 1 rings (SSSR count). The van der Waals surface area contributed by atoms with Crippen LogP contribution in [0.25, 0.3) is 0 Å². The van der Waals surface area contributed by atoms with Crippen molar-refractivity contribution >= 4 is 10.0 Å². The van der Waals surface area contributed by atoms with E-state index >= 15 is 0 Å². The molecule has 0 aliphatic rings. The molecule has 0 saturated heterocycles. The molecule has 1 aromatic carbocycles. The van der Waals surface area contributed by atoms with Crippen LogP contribution in [0.5, 0.6) is 0 Å². The van der Waals surface area contributed by atoms with Gasteiger partial charge < -0.3 is 0 Å². The normalized spacial score (nSPS) is 12.4. The highest BCUT2D eigenvalue weighted by atomic mass is 32.2. The highest BCUT2D eigenvalue weighted by Gasteiger charge is 2.35. The molecule has 0 fully saturated rings. The molecular weight excluding hydrogens is 291 g/mol. The molecule has 0 aliphatic heterocycles. The number of alkyl halides is 3. The van der Waals surface area contributed by atoms with Crippen LogP contribution in [0.2, 0.25) is 0 Å². The maximum atomic E-state index is 12.8. The number of sulfonamides is 1. The van der Waals surface area contributed by atoms with Gasteiger partial charge in [-0.3, -0.25) is 0 Å². The smallest absolute Gasteiger partial charge is 0.207 e. The first-order valence-corrected chi connectivity index (χ1v) is 7.20. The summed E-state index contributed by atoms with van der Waals surface area (Å²) in [5, 5.41) is 0. The van der Waals surface area contributed by atoms with E-state index in [-0.39, 0.29) is 23.5 Å². The van der Waals surface area contributed by atoms with Gasteiger partial charge in [-0.25, -0.2) is 8.42 Å². The van der Waals surface area contributed by atoms with E-state index in [1.807, 2.05) is 0 Å². The quantitative estimate of drug-likeness (QED) is 0.802. The minimum Gasteiger partial charge on any atom is -0.207 e. The molecule has 20 heavy (non-hydrogen) atoms. The van der Waals surface area contributed by atoms with Gasteiger partial charge in [0.2, 0.25) is 10.0 Å². The standard InChI is InChI=1S/C13H14F3NO2S/c1-4-9-17(5-2)20(18,19)12-8-6-7-11(10(12)3)13(14,15)16/h1,6-8H,5,9H2,2-3H3. The molecule has 1 aromatic rings. The summed E-state index contributed by atoms with van der Waals surface area (Å²) in [6, 6.07) is 3.08. The van der Waals surface area contributed by atoms with Crippen LogP contribution in [0.15, 0.2) is 23.1 Å². The predicted molar refractivity (Wildman–Crippen MR) is 69.4 cm³/mol. The van der Waals surface area contributed by atoms with Crippen molar-refractivity contribution < 1.29 is 21.6 Å². The molecule has 0 radical (unpaired) electrons. The Bertz CT molecular complexity index is 630. The fourth-order valence-electron chi connectivity index (χ4n) is 1.81. The predicted octanol–water partition coefficient (Wildman–Crippen LogP) is 2.66. The van der Waals surface area contributed by atoms with Crippen LogP contribution < -0.4 is 0 Å². The Hall–Kier alpha value is -1.52. The van der Waals surface area contributed by atoms with Crippen molar-refractivity contribution in [3.05, 3.63) is 29.3 Å². The van der Waals surface area contributed by atoms with Gasteiger partial charge >= 0.3 is 6.18 Å². The third-order valence-electron chi connectivity index (χ3n) is 2.83. The van der Waals surface area contributed by atoms with Gasteiger partial charge in [-0.05, 0) is 24.6 Å². The molecule has 0 amide bonds. The van der Waals surface area contributed by atoms with Crippen molar-refractivity contribution in [3.63, 3.8) is 0 Å². The first-order chi connectivity index (χ1) is 9.16. The summed E-state index contributed by atoms with van der Waals surface area (Å²) >= 11 is 0. The van der Waals surface area contributed by atoms with Gasteiger partial charge in [0.05, 0.1) is 17.0 Å². The van der Waals surface area contributed by atoms with E-state index in [1.165, 1.54) is 0 Å². The molecule has 3 nitrogen and oxygen atoms in total. The first kappa shape index (κ1) is 16.5. The van der Waals surface area contributed by atoms with Gasteiger partial charge in [0.1, 0.15) is 0 Å². The molecule has 0 bridgehead atoms. The van der Waals surface area contributed by atoms with Crippen molar-refractivity contribution in [2.24, 2.45) is 0 Å². The maximum Gasteiger partial charge on any atom is 0.416 e. The van der Waals surface area contributed by atoms with Crippen LogP contribution in [0.3, 0.4) is 0 Å². The average molecular weight is 305 g/mol. The molecule has 0 heterocycles. The highest BCUT2D eigenvalue weighted by Crippen LogP contribution is 2.34. The molecule has 0 atom stereocenters. The third kappa shape index (κ3) is 3.14. The fourth-order valence-corrected chi connectivity index (χ4v) is 3.42. The van der Waals surface area contributed by atoms with Crippen molar-refractivity contribution in [1.82, 2.24) is 4.31 Å². The van der Waals surface area contributed by atoms with E-state index in [2.05, 4.69) is 5.92 Å². The van der Waals surface area contributed by atoms with Crippen LogP contribution in [0, 0.1) is 19.3 Å². The number of nitrogens with zero attached hydrogens (tertiary/aromatic N) is 1. The lowest BCUT2D eigenvalue weighted by Gasteiger charge is -2.20. The third-order valence-corrected chi connectivity index (χ3v) is 4.89. The average Bonchev–Trinajstić information content (AvgIpc) is 2.34. The summed E-state index contributed by atoms with van der Waals surface area (Å²) in [5.41, 5.74) is -1.29. The minimum atomic E-state index is -4.60. The summed E-state index contributed by atoms with van der Waals surface area (Å²) in [6.07, 6.45) is 0.482. The summed E-state index contributed by atoms with van der Waals surface area (Å²) in [6.45, 7) is 2.61. The van der Waals surface area contributed by atoms with E-state index in [0.29, 0.717) is 0 Å². The summed E-state index contributed by atoms with van der Waals surface area (Å²) < 4.78 is 64.0. The Morgan fingerprint density at radius 2 is 1.95 bits per heavy atom. The molecule has 0 spiro atoms. The lowest BCUT2D eigenvalue weighted by atomic mass is 10.1. The second-order valence-corrected chi connectivity index (χ2v) is 5.97. The van der Waals surface area contributed by atoms with Gasteiger partial charge in [-0.15, -0.1) is 6.42 Å². The van der Waals surface area contributed by atoms with Crippen LogP contribution in [0.1, 0.15) is 18.1 Å². The highest BCUT2D eigenvalue weighted by molar-refractivity contribution is 7.89. The molecule has 0 saturated carbocycles. The lowest BCUT2D eigenvalue weighted by molar-refractivity contribution is -0.138. The van der Waals surface area contributed by atoms with Crippen molar-refractivity contribution in [3.8, 4) is 12.3 Å². The number of rotatable bonds is 4. The van der Waals surface area contributed by atoms with Gasteiger partial charge in [-0.1, -0.05) is 18.9 Å². The second-order valence-electron chi connectivity index (χ2n) is 4.06. The monoisotopic (exact) mass is 305 g/mol. The molecule has 7 heteroatoms. The van der Waals surface area contributed by atoms with Gasteiger partial charge in [0.25, 0.3) is 0 Å². The van der Waals surface area contributed by atoms with Crippen molar-refractivity contribution in [1.29, 1.82) is 0 Å². The fraction of sp³-hybridized carbons (Fsp3) is 0.385. The zero-order valence-corrected chi connectivity index (χ0v) is 11.8. The van der Waals surface area contributed by atoms with Crippen LogP contribution >= 0.6 is 0 Å². The minimum absolute atomic E-state index is 0.0855. The number of hydrogen-bond acceptors (Lipinski definition) is 2. The number of hydrogen-bond donors (Lipinski definition) is 0. The maximum absolute atomic E-state index is 12.8. The van der Waals surface area contributed by atoms with Crippen molar-refractivity contribution in [2.75, 3.05) is 13.1 Å². The Labute approximate surface area is 116 Å². The molecule has 0 N–H and O–H groups in total. The molecule has 0 aromatic heterocycles. The lowest BCUT2D eigenvalue weighted by Crippen LogP contribution is -2.32. The zero-order chi connectivity index (χ0) is 15.6. The Kier molecular flexibility index (Phi) is 4.84. The van der Waals surface area contributed by atoms with Crippen molar-refractivity contribution in [2.45, 2.75) is 24.9 Å². The van der Waals surface area contributed by atoms with E-state index in [4.69, 9.17) is 6.42 Å². The van der Waals surface area contributed by atoms with E-state index in [1.54, 1.807) is 6.92 Å². The van der Waals surface area contributed by atoms with Gasteiger partial charge in [-0.2, -0.15) is 17.5 Å². The van der Waals surface area contributed by atoms with E-state index < -0.39 is 21.8 Å². The molecular formula is C13H14F3NO2S. The Morgan fingerprint density at radius 3 is 2.40 bits per heavy atom. The number of benzene rings is 1. The van der Waals surface area contributed by atoms with Crippen LogP contribution in [-0.4, -0.2) is 25.8 Å². The SMILES string of the molecule is C#CCN(CC)S(=O)(=O)c1cccc(C(F)(F)F)c1C. The Balaban J connectivity index is 3.45. The van der Waals surface area contributed by atoms with E-state index in [0.717, 1.165) is 29.4 Å². The zero-order valence-electron chi connectivity index (χ0n) is 11.0.